The molecule has 0 bridgehead atoms. The molecule has 1 unspecified atom stereocenters. The average Bonchev–Trinajstić information content (AvgIpc) is 2.41. The summed E-state index contributed by atoms with van der Waals surface area (Å²) in [4.78, 5) is 21.9. The van der Waals surface area contributed by atoms with Crippen LogP contribution < -0.4 is 11.1 Å². The molecule has 0 saturated heterocycles. The third-order valence-electron chi connectivity index (χ3n) is 3.19. The van der Waals surface area contributed by atoms with Gasteiger partial charge in [-0.25, -0.2) is 13.6 Å². The molecular formula is C14H18F2N2O3. The number of carboxylic acid groups (broad SMARTS) is 1. The van der Waals surface area contributed by atoms with Gasteiger partial charge in [-0.15, -0.1) is 0 Å². The van der Waals surface area contributed by atoms with Gasteiger partial charge in [-0.2, -0.15) is 0 Å². The molecule has 0 aliphatic rings. The molecule has 0 aromatic heterocycles. The minimum atomic E-state index is -1.18. The standard InChI is InChI=1S/C14H18F2N2O3/c1-8(19)18-12(14(20)21)6-5-9(7-17)10-3-2-4-11(15)13(10)16/h2-4,9,12H,5-7,17H2,1H3,(H,18,19)(H,20,21)/t9-,12?/m1/s1. The van der Waals surface area contributed by atoms with E-state index in [1.807, 2.05) is 0 Å². The predicted molar refractivity (Wildman–Crippen MR) is 72.6 cm³/mol. The number of carboxylic acids is 1. The molecule has 1 rings (SSSR count). The largest absolute Gasteiger partial charge is 0.480 e. The molecule has 0 heterocycles. The van der Waals surface area contributed by atoms with Crippen molar-refractivity contribution < 1.29 is 23.5 Å². The van der Waals surface area contributed by atoms with Crippen LogP contribution in [-0.2, 0) is 9.59 Å². The summed E-state index contributed by atoms with van der Waals surface area (Å²) in [6.45, 7) is 1.26. The van der Waals surface area contributed by atoms with Gasteiger partial charge in [0.05, 0.1) is 0 Å². The van der Waals surface area contributed by atoms with Crippen molar-refractivity contribution in [3.05, 3.63) is 35.4 Å². The number of benzene rings is 1. The number of hydrogen-bond donors (Lipinski definition) is 3. The van der Waals surface area contributed by atoms with E-state index in [1.165, 1.54) is 19.1 Å². The first-order valence-electron chi connectivity index (χ1n) is 6.50. The van der Waals surface area contributed by atoms with Crippen molar-refractivity contribution in [2.75, 3.05) is 6.54 Å². The fourth-order valence-corrected chi connectivity index (χ4v) is 2.11. The first-order valence-corrected chi connectivity index (χ1v) is 6.50. The van der Waals surface area contributed by atoms with E-state index in [1.54, 1.807) is 0 Å². The molecule has 1 amide bonds. The maximum Gasteiger partial charge on any atom is 0.326 e. The summed E-state index contributed by atoms with van der Waals surface area (Å²) in [6, 6.07) is 2.72. The van der Waals surface area contributed by atoms with Gasteiger partial charge in [0.1, 0.15) is 6.04 Å². The Hall–Kier alpha value is -2.02. The van der Waals surface area contributed by atoms with Crippen LogP contribution in [-0.4, -0.2) is 29.6 Å². The van der Waals surface area contributed by atoms with Gasteiger partial charge < -0.3 is 16.2 Å². The highest BCUT2D eigenvalue weighted by Crippen LogP contribution is 2.25. The van der Waals surface area contributed by atoms with Crippen molar-refractivity contribution >= 4 is 11.9 Å². The molecule has 0 fully saturated rings. The Morgan fingerprint density at radius 2 is 2.00 bits per heavy atom. The summed E-state index contributed by atoms with van der Waals surface area (Å²) >= 11 is 0. The Bertz CT molecular complexity index is 523. The van der Waals surface area contributed by atoms with Crippen LogP contribution in [0.1, 0.15) is 31.2 Å². The normalized spacial score (nSPS) is 13.5. The topological polar surface area (TPSA) is 92.4 Å². The second kappa shape index (κ2) is 7.68. The molecule has 5 nitrogen and oxygen atoms in total. The van der Waals surface area contributed by atoms with Crippen LogP contribution in [0.5, 0.6) is 0 Å². The molecule has 2 atom stereocenters. The maximum absolute atomic E-state index is 13.7. The number of hydrogen-bond acceptors (Lipinski definition) is 3. The molecule has 1 aromatic rings. The number of nitrogens with two attached hydrogens (primary N) is 1. The summed E-state index contributed by atoms with van der Waals surface area (Å²) in [5.74, 6) is -4.11. The molecular weight excluding hydrogens is 282 g/mol. The van der Waals surface area contributed by atoms with E-state index >= 15 is 0 Å². The van der Waals surface area contributed by atoms with Gasteiger partial charge in [0.2, 0.25) is 5.91 Å². The van der Waals surface area contributed by atoms with Crippen molar-refractivity contribution in [2.45, 2.75) is 31.7 Å². The lowest BCUT2D eigenvalue weighted by atomic mass is 9.92. The summed E-state index contributed by atoms with van der Waals surface area (Å²) in [5, 5.41) is 11.3. The van der Waals surface area contributed by atoms with Crippen molar-refractivity contribution in [1.29, 1.82) is 0 Å². The van der Waals surface area contributed by atoms with Crippen molar-refractivity contribution in [1.82, 2.24) is 5.32 Å². The van der Waals surface area contributed by atoms with Crippen LogP contribution in [0.25, 0.3) is 0 Å². The van der Waals surface area contributed by atoms with Gasteiger partial charge in [0.25, 0.3) is 0 Å². The lowest BCUT2D eigenvalue weighted by Gasteiger charge is -2.19. The van der Waals surface area contributed by atoms with Crippen LogP contribution in [0.3, 0.4) is 0 Å². The first-order chi connectivity index (χ1) is 9.86. The van der Waals surface area contributed by atoms with Crippen LogP contribution >= 0.6 is 0 Å². The molecule has 1 aromatic carbocycles. The summed E-state index contributed by atoms with van der Waals surface area (Å²) in [7, 11) is 0. The molecule has 116 valence electrons. The first kappa shape index (κ1) is 17.0. The minimum Gasteiger partial charge on any atom is -0.480 e. The third-order valence-corrected chi connectivity index (χ3v) is 3.19. The lowest BCUT2D eigenvalue weighted by molar-refractivity contribution is -0.141. The van der Waals surface area contributed by atoms with Crippen LogP contribution in [0, 0.1) is 11.6 Å². The van der Waals surface area contributed by atoms with Crippen LogP contribution in [0.2, 0.25) is 0 Å². The van der Waals surface area contributed by atoms with Crippen molar-refractivity contribution in [2.24, 2.45) is 5.73 Å². The van der Waals surface area contributed by atoms with Gasteiger partial charge in [-0.1, -0.05) is 12.1 Å². The number of rotatable bonds is 7. The Kier molecular flexibility index (Phi) is 6.23. The number of halogens is 2. The van der Waals surface area contributed by atoms with Gasteiger partial charge in [0, 0.05) is 6.92 Å². The van der Waals surface area contributed by atoms with Gasteiger partial charge in [-0.05, 0) is 36.9 Å². The smallest absolute Gasteiger partial charge is 0.326 e. The quantitative estimate of drug-likeness (QED) is 0.709. The third kappa shape index (κ3) is 4.78. The van der Waals surface area contributed by atoms with Crippen LogP contribution in [0.4, 0.5) is 8.78 Å². The minimum absolute atomic E-state index is 0.0484. The average molecular weight is 300 g/mol. The monoisotopic (exact) mass is 300 g/mol. The Morgan fingerprint density at radius 1 is 1.33 bits per heavy atom. The van der Waals surface area contributed by atoms with E-state index < -0.39 is 35.5 Å². The summed E-state index contributed by atoms with van der Waals surface area (Å²) < 4.78 is 26.9. The van der Waals surface area contributed by atoms with E-state index in [4.69, 9.17) is 10.8 Å². The molecule has 7 heteroatoms. The SMILES string of the molecule is CC(=O)NC(CC[C@H](CN)c1cccc(F)c1F)C(=O)O. The second-order valence-corrected chi connectivity index (χ2v) is 4.74. The highest BCUT2D eigenvalue weighted by atomic mass is 19.2. The lowest BCUT2D eigenvalue weighted by Crippen LogP contribution is -2.39. The fourth-order valence-electron chi connectivity index (χ4n) is 2.11. The second-order valence-electron chi connectivity index (χ2n) is 4.74. The highest BCUT2D eigenvalue weighted by molar-refractivity contribution is 5.81. The van der Waals surface area contributed by atoms with Crippen molar-refractivity contribution in [3.8, 4) is 0 Å². The van der Waals surface area contributed by atoms with E-state index in [0.29, 0.717) is 0 Å². The Labute approximate surface area is 121 Å². The number of amides is 1. The molecule has 0 radical (unpaired) electrons. The van der Waals surface area contributed by atoms with E-state index in [0.717, 1.165) is 6.07 Å². The number of nitrogens with one attached hydrogen (secondary N) is 1. The fraction of sp³-hybridized carbons (Fsp3) is 0.429. The zero-order valence-corrected chi connectivity index (χ0v) is 11.6. The molecule has 21 heavy (non-hydrogen) atoms. The summed E-state index contributed by atoms with van der Waals surface area (Å²) in [5.41, 5.74) is 5.68. The van der Waals surface area contributed by atoms with E-state index in [9.17, 15) is 18.4 Å². The molecule has 0 spiro atoms. The Morgan fingerprint density at radius 3 is 2.52 bits per heavy atom. The van der Waals surface area contributed by atoms with E-state index in [2.05, 4.69) is 5.32 Å². The number of aliphatic carboxylic acids is 1. The van der Waals surface area contributed by atoms with Crippen LogP contribution in [0.15, 0.2) is 18.2 Å². The maximum atomic E-state index is 13.7. The van der Waals surface area contributed by atoms with Gasteiger partial charge in [0.15, 0.2) is 11.6 Å². The number of carbonyl (C=O) groups excluding carboxylic acids is 1. The Balaban J connectivity index is 2.80. The molecule has 0 saturated carbocycles. The zero-order chi connectivity index (χ0) is 16.0. The van der Waals surface area contributed by atoms with E-state index in [-0.39, 0.29) is 24.9 Å². The number of carbonyl (C=O) groups is 2. The molecule has 0 aliphatic heterocycles. The van der Waals surface area contributed by atoms with Crippen molar-refractivity contribution in [3.63, 3.8) is 0 Å². The zero-order valence-electron chi connectivity index (χ0n) is 11.6. The van der Waals surface area contributed by atoms with Gasteiger partial charge >= 0.3 is 5.97 Å². The molecule has 0 aliphatic carbocycles. The van der Waals surface area contributed by atoms with Gasteiger partial charge in [-0.3, -0.25) is 4.79 Å². The molecule has 4 N–H and O–H groups in total. The summed E-state index contributed by atoms with van der Waals surface area (Å²) in [6.07, 6.45) is 0.293. The highest BCUT2D eigenvalue weighted by Gasteiger charge is 2.22. The predicted octanol–water partition coefficient (Wildman–Crippen LogP) is 1.38.